The molecule has 0 saturated carbocycles. The van der Waals surface area contributed by atoms with Crippen molar-refractivity contribution in [3.05, 3.63) is 72.3 Å². The number of ether oxygens (including phenoxy) is 1. The minimum absolute atomic E-state index is 0.00926. The van der Waals surface area contributed by atoms with Crippen molar-refractivity contribution >= 4 is 34.4 Å². The van der Waals surface area contributed by atoms with Gasteiger partial charge in [-0.3, -0.25) is 9.59 Å². The van der Waals surface area contributed by atoms with E-state index in [9.17, 15) is 19.5 Å². The van der Waals surface area contributed by atoms with Crippen LogP contribution in [0.3, 0.4) is 0 Å². The SMILES string of the molecule is CCCCCCN(C(=O)C(CC(C)C)NC(=O)OC(C)(C)C)C(C(=O)Nc1ccc2ccccc2c1)c1cccc(O)c1. The number of carbonyl (C=O) groups is 3. The van der Waals surface area contributed by atoms with Crippen LogP contribution in [0, 0.1) is 5.92 Å². The standard InChI is InChI=1S/C35H47N3O5/c1-7-8-9-12-20-38(33(41)30(21-24(2)3)37-34(42)43-35(4,5)6)31(27-16-13-17-29(39)23-27)32(40)36-28-19-18-25-14-10-11-15-26(25)22-28/h10-11,13-19,22-24,30-31,39H,7-9,12,20-21H2,1-6H3,(H,36,40)(H,37,42). The molecule has 8 heteroatoms. The van der Waals surface area contributed by atoms with Gasteiger partial charge in [-0.25, -0.2) is 4.79 Å². The predicted octanol–water partition coefficient (Wildman–Crippen LogP) is 7.57. The maximum atomic E-state index is 14.4. The number of anilines is 1. The molecule has 0 aromatic heterocycles. The van der Waals surface area contributed by atoms with Crippen molar-refractivity contribution in [1.29, 1.82) is 0 Å². The first-order valence-corrected chi connectivity index (χ1v) is 15.3. The van der Waals surface area contributed by atoms with Crippen LogP contribution in [0.1, 0.15) is 85.3 Å². The molecule has 0 radical (unpaired) electrons. The number of unbranched alkanes of at least 4 members (excludes halogenated alkanes) is 3. The fourth-order valence-electron chi connectivity index (χ4n) is 5.06. The Balaban J connectivity index is 2.03. The molecule has 0 heterocycles. The minimum atomic E-state index is -1.05. The average Bonchev–Trinajstić information content (AvgIpc) is 2.92. The number of amides is 3. The number of fused-ring (bicyclic) bond motifs is 1. The van der Waals surface area contributed by atoms with Gasteiger partial charge in [-0.1, -0.05) is 82.5 Å². The molecule has 3 amide bonds. The smallest absolute Gasteiger partial charge is 0.408 e. The van der Waals surface area contributed by atoms with E-state index in [1.165, 1.54) is 12.1 Å². The topological polar surface area (TPSA) is 108 Å². The number of nitrogens with zero attached hydrogens (tertiary/aromatic N) is 1. The van der Waals surface area contributed by atoms with Crippen molar-refractivity contribution in [3.63, 3.8) is 0 Å². The Kier molecular flexibility index (Phi) is 12.0. The van der Waals surface area contributed by atoms with E-state index < -0.39 is 29.7 Å². The Morgan fingerprint density at radius 1 is 0.907 bits per heavy atom. The van der Waals surface area contributed by atoms with Crippen molar-refractivity contribution in [2.75, 3.05) is 11.9 Å². The first-order chi connectivity index (χ1) is 20.4. The van der Waals surface area contributed by atoms with Crippen LogP contribution in [0.4, 0.5) is 10.5 Å². The van der Waals surface area contributed by atoms with Gasteiger partial charge in [0.15, 0.2) is 0 Å². The minimum Gasteiger partial charge on any atom is -0.508 e. The van der Waals surface area contributed by atoms with E-state index in [0.29, 0.717) is 30.6 Å². The largest absolute Gasteiger partial charge is 0.508 e. The zero-order valence-electron chi connectivity index (χ0n) is 26.4. The number of phenols is 1. The fourth-order valence-corrected chi connectivity index (χ4v) is 5.06. The first-order valence-electron chi connectivity index (χ1n) is 15.3. The molecule has 0 aliphatic carbocycles. The molecule has 3 aromatic rings. The number of carbonyl (C=O) groups excluding carboxylic acids is 3. The van der Waals surface area contributed by atoms with Crippen molar-refractivity contribution < 1.29 is 24.2 Å². The molecule has 0 spiro atoms. The van der Waals surface area contributed by atoms with Crippen LogP contribution in [0.15, 0.2) is 66.7 Å². The van der Waals surface area contributed by atoms with Crippen LogP contribution in [0.25, 0.3) is 10.8 Å². The highest BCUT2D eigenvalue weighted by atomic mass is 16.6. The summed E-state index contributed by atoms with van der Waals surface area (Å²) in [5, 5.41) is 18.2. The Hall–Kier alpha value is -4.07. The molecular formula is C35H47N3O5. The van der Waals surface area contributed by atoms with Gasteiger partial charge in [0.25, 0.3) is 5.91 Å². The summed E-state index contributed by atoms with van der Waals surface area (Å²) in [5.74, 6) is -0.718. The van der Waals surface area contributed by atoms with Gasteiger partial charge in [-0.05, 0) is 80.1 Å². The lowest BCUT2D eigenvalue weighted by molar-refractivity contribution is -0.141. The van der Waals surface area contributed by atoms with Crippen molar-refractivity contribution in [3.8, 4) is 5.75 Å². The van der Waals surface area contributed by atoms with E-state index in [0.717, 1.165) is 30.0 Å². The second kappa shape index (κ2) is 15.4. The second-order valence-corrected chi connectivity index (χ2v) is 12.5. The summed E-state index contributed by atoms with van der Waals surface area (Å²) in [5.41, 5.74) is 0.333. The summed E-state index contributed by atoms with van der Waals surface area (Å²) in [4.78, 5) is 42.9. The van der Waals surface area contributed by atoms with E-state index >= 15 is 0 Å². The van der Waals surface area contributed by atoms with Crippen molar-refractivity contribution in [2.45, 2.75) is 91.3 Å². The molecule has 3 aromatic carbocycles. The van der Waals surface area contributed by atoms with Crippen LogP contribution in [0.2, 0.25) is 0 Å². The predicted molar refractivity (Wildman–Crippen MR) is 172 cm³/mol. The molecule has 0 bridgehead atoms. The summed E-state index contributed by atoms with van der Waals surface area (Å²) < 4.78 is 5.48. The number of rotatable bonds is 13. The van der Waals surface area contributed by atoms with Gasteiger partial charge in [-0.2, -0.15) is 0 Å². The van der Waals surface area contributed by atoms with E-state index in [1.54, 1.807) is 37.8 Å². The second-order valence-electron chi connectivity index (χ2n) is 12.5. The normalized spacial score (nSPS) is 12.9. The molecule has 2 atom stereocenters. The van der Waals surface area contributed by atoms with Gasteiger partial charge >= 0.3 is 6.09 Å². The van der Waals surface area contributed by atoms with Gasteiger partial charge in [0.2, 0.25) is 5.91 Å². The Morgan fingerprint density at radius 2 is 1.63 bits per heavy atom. The van der Waals surface area contributed by atoms with E-state index in [4.69, 9.17) is 4.74 Å². The van der Waals surface area contributed by atoms with E-state index in [1.807, 2.05) is 56.3 Å². The van der Waals surface area contributed by atoms with Crippen LogP contribution in [-0.2, 0) is 14.3 Å². The third-order valence-electron chi connectivity index (χ3n) is 6.99. The van der Waals surface area contributed by atoms with Crippen LogP contribution < -0.4 is 10.6 Å². The third-order valence-corrected chi connectivity index (χ3v) is 6.99. The quantitative estimate of drug-likeness (QED) is 0.178. The molecule has 0 saturated heterocycles. The Morgan fingerprint density at radius 3 is 2.28 bits per heavy atom. The summed E-state index contributed by atoms with van der Waals surface area (Å²) in [6, 6.07) is 18.0. The van der Waals surface area contributed by atoms with Gasteiger partial charge in [0.1, 0.15) is 23.4 Å². The zero-order chi connectivity index (χ0) is 31.6. The molecule has 232 valence electrons. The number of aromatic hydroxyl groups is 1. The zero-order valence-corrected chi connectivity index (χ0v) is 26.4. The summed E-state index contributed by atoms with van der Waals surface area (Å²) in [7, 11) is 0. The first kappa shape index (κ1) is 33.4. The van der Waals surface area contributed by atoms with Gasteiger partial charge in [-0.15, -0.1) is 0 Å². The molecule has 0 fully saturated rings. The van der Waals surface area contributed by atoms with Crippen molar-refractivity contribution in [1.82, 2.24) is 10.2 Å². The molecular weight excluding hydrogens is 542 g/mol. The molecule has 8 nitrogen and oxygen atoms in total. The maximum Gasteiger partial charge on any atom is 0.408 e. The monoisotopic (exact) mass is 589 g/mol. The number of benzene rings is 3. The Labute approximate surface area is 255 Å². The van der Waals surface area contributed by atoms with Gasteiger partial charge < -0.3 is 25.4 Å². The molecule has 43 heavy (non-hydrogen) atoms. The third kappa shape index (κ3) is 10.3. The van der Waals surface area contributed by atoms with Gasteiger partial charge in [0.05, 0.1) is 0 Å². The number of hydrogen-bond acceptors (Lipinski definition) is 5. The highest BCUT2D eigenvalue weighted by Gasteiger charge is 2.36. The lowest BCUT2D eigenvalue weighted by atomic mass is 9.98. The number of alkyl carbamates (subject to hydrolysis) is 1. The fraction of sp³-hybridized carbons (Fsp3) is 0.457. The molecule has 3 N–H and O–H groups in total. The number of hydrogen-bond donors (Lipinski definition) is 3. The average molecular weight is 590 g/mol. The summed E-state index contributed by atoms with van der Waals surface area (Å²) in [6.07, 6.45) is 3.25. The lowest BCUT2D eigenvalue weighted by Crippen LogP contribution is -2.53. The van der Waals surface area contributed by atoms with E-state index in [2.05, 4.69) is 17.6 Å². The van der Waals surface area contributed by atoms with Crippen LogP contribution in [0.5, 0.6) is 5.75 Å². The maximum absolute atomic E-state index is 14.4. The van der Waals surface area contributed by atoms with Crippen LogP contribution >= 0.6 is 0 Å². The summed E-state index contributed by atoms with van der Waals surface area (Å²) >= 11 is 0. The molecule has 0 aliphatic heterocycles. The highest BCUT2D eigenvalue weighted by Crippen LogP contribution is 2.29. The number of phenolic OH excluding ortho intramolecular Hbond substituents is 1. The van der Waals surface area contributed by atoms with Gasteiger partial charge in [0, 0.05) is 12.2 Å². The Bertz CT molecular complexity index is 1380. The lowest BCUT2D eigenvalue weighted by Gasteiger charge is -2.35. The summed E-state index contributed by atoms with van der Waals surface area (Å²) in [6.45, 7) is 11.7. The molecule has 3 rings (SSSR count). The highest BCUT2D eigenvalue weighted by molar-refractivity contribution is 6.00. The van der Waals surface area contributed by atoms with E-state index in [-0.39, 0.29) is 17.6 Å². The molecule has 2 unspecified atom stereocenters. The van der Waals surface area contributed by atoms with Crippen molar-refractivity contribution in [2.24, 2.45) is 5.92 Å². The number of nitrogens with one attached hydrogen (secondary N) is 2. The van der Waals surface area contributed by atoms with Crippen LogP contribution in [-0.4, -0.2) is 46.1 Å². The molecule has 0 aliphatic rings.